The lowest BCUT2D eigenvalue weighted by atomic mass is 10.0. The molecule has 0 aliphatic rings. The van der Waals surface area contributed by atoms with Gasteiger partial charge < -0.3 is 16.0 Å². The third-order valence-corrected chi connectivity index (χ3v) is 5.94. The molecule has 3 heterocycles. The molecule has 6 rings (SSSR count). The van der Waals surface area contributed by atoms with Crippen LogP contribution in [0.1, 0.15) is 5.56 Å². The minimum Gasteiger partial charge on any atom is -0.382 e. The number of benzene rings is 3. The quantitative estimate of drug-likeness (QED) is 0.271. The average molecular weight is 431 g/mol. The highest BCUT2D eigenvalue weighted by Crippen LogP contribution is 2.33. The van der Waals surface area contributed by atoms with Crippen molar-refractivity contribution in [3.8, 4) is 22.4 Å². The number of nitrogens with zero attached hydrogens (tertiary/aromatic N) is 2. The normalized spacial score (nSPS) is 11.3. The SMILES string of the molecule is Nc1n[nH]c2ccc(-c3ccnc4[nH]c(-c5cccc(CNc6ccccc6)c5)cc34)cc12. The summed E-state index contributed by atoms with van der Waals surface area (Å²) >= 11 is 0. The molecule has 3 aromatic carbocycles. The number of rotatable bonds is 5. The molecule has 0 spiro atoms. The van der Waals surface area contributed by atoms with Crippen molar-refractivity contribution in [3.63, 3.8) is 0 Å². The van der Waals surface area contributed by atoms with E-state index in [9.17, 15) is 0 Å². The van der Waals surface area contributed by atoms with Crippen molar-refractivity contribution in [1.29, 1.82) is 0 Å². The van der Waals surface area contributed by atoms with E-state index in [2.05, 4.69) is 80.1 Å². The lowest BCUT2D eigenvalue weighted by molar-refractivity contribution is 1.13. The minimum absolute atomic E-state index is 0.507. The van der Waals surface area contributed by atoms with Gasteiger partial charge in [0.1, 0.15) is 5.65 Å². The molecular weight excluding hydrogens is 408 g/mol. The molecule has 0 radical (unpaired) electrons. The lowest BCUT2D eigenvalue weighted by Gasteiger charge is -2.07. The third-order valence-electron chi connectivity index (χ3n) is 5.94. The Hall–Kier alpha value is -4.58. The molecule has 0 amide bonds. The van der Waals surface area contributed by atoms with Crippen molar-refractivity contribution >= 4 is 33.4 Å². The summed E-state index contributed by atoms with van der Waals surface area (Å²) in [4.78, 5) is 8.06. The zero-order chi connectivity index (χ0) is 22.2. The summed E-state index contributed by atoms with van der Waals surface area (Å²) in [6.07, 6.45) is 1.83. The largest absolute Gasteiger partial charge is 0.382 e. The molecule has 6 nitrogen and oxygen atoms in total. The van der Waals surface area contributed by atoms with Gasteiger partial charge in [-0.05, 0) is 64.7 Å². The molecule has 33 heavy (non-hydrogen) atoms. The molecule has 5 N–H and O–H groups in total. The monoisotopic (exact) mass is 430 g/mol. The second-order valence-corrected chi connectivity index (χ2v) is 8.09. The predicted octanol–water partition coefficient (Wildman–Crippen LogP) is 5.97. The van der Waals surface area contributed by atoms with Gasteiger partial charge in [-0.2, -0.15) is 5.10 Å². The summed E-state index contributed by atoms with van der Waals surface area (Å²) in [5.41, 5.74) is 14.5. The van der Waals surface area contributed by atoms with Gasteiger partial charge in [0.05, 0.1) is 5.52 Å². The number of anilines is 2. The van der Waals surface area contributed by atoms with E-state index in [0.717, 1.165) is 56.6 Å². The topological polar surface area (TPSA) is 95.4 Å². The van der Waals surface area contributed by atoms with Crippen molar-refractivity contribution < 1.29 is 0 Å². The van der Waals surface area contributed by atoms with Gasteiger partial charge in [-0.1, -0.05) is 42.5 Å². The van der Waals surface area contributed by atoms with Crippen molar-refractivity contribution in [2.75, 3.05) is 11.1 Å². The van der Waals surface area contributed by atoms with Gasteiger partial charge in [-0.15, -0.1) is 0 Å². The number of pyridine rings is 1. The van der Waals surface area contributed by atoms with Crippen LogP contribution in [0.25, 0.3) is 44.3 Å². The second-order valence-electron chi connectivity index (χ2n) is 8.09. The van der Waals surface area contributed by atoms with E-state index in [4.69, 9.17) is 5.73 Å². The minimum atomic E-state index is 0.507. The maximum atomic E-state index is 6.03. The Kier molecular flexibility index (Phi) is 4.54. The molecule has 6 heteroatoms. The van der Waals surface area contributed by atoms with Gasteiger partial charge in [0.2, 0.25) is 0 Å². The van der Waals surface area contributed by atoms with E-state index < -0.39 is 0 Å². The Balaban J connectivity index is 1.35. The Bertz CT molecular complexity index is 1580. The summed E-state index contributed by atoms with van der Waals surface area (Å²) in [5.74, 6) is 0.507. The van der Waals surface area contributed by atoms with Crippen LogP contribution in [0.5, 0.6) is 0 Å². The number of hydrogen-bond acceptors (Lipinski definition) is 4. The average Bonchev–Trinajstić information content (AvgIpc) is 3.47. The zero-order valence-corrected chi connectivity index (χ0v) is 17.8. The van der Waals surface area contributed by atoms with Crippen molar-refractivity contribution in [1.82, 2.24) is 20.2 Å². The molecule has 0 bridgehead atoms. The summed E-state index contributed by atoms with van der Waals surface area (Å²) in [5, 5.41) is 12.5. The van der Waals surface area contributed by atoms with Crippen LogP contribution < -0.4 is 11.1 Å². The van der Waals surface area contributed by atoms with E-state index >= 15 is 0 Å². The third kappa shape index (κ3) is 3.57. The van der Waals surface area contributed by atoms with Gasteiger partial charge in [-0.25, -0.2) is 4.98 Å². The van der Waals surface area contributed by atoms with Crippen molar-refractivity contribution in [3.05, 3.63) is 96.7 Å². The number of nitrogen functional groups attached to an aromatic ring is 1. The second kappa shape index (κ2) is 7.84. The van der Waals surface area contributed by atoms with E-state index in [1.54, 1.807) is 0 Å². The molecule has 0 saturated heterocycles. The number of aromatic amines is 2. The van der Waals surface area contributed by atoms with Crippen LogP contribution in [0.2, 0.25) is 0 Å². The first-order valence-corrected chi connectivity index (χ1v) is 10.8. The highest BCUT2D eigenvalue weighted by Gasteiger charge is 2.12. The van der Waals surface area contributed by atoms with Crippen LogP contribution in [0.3, 0.4) is 0 Å². The number of nitrogens with one attached hydrogen (secondary N) is 3. The van der Waals surface area contributed by atoms with Gasteiger partial charge in [0.25, 0.3) is 0 Å². The fourth-order valence-electron chi connectivity index (χ4n) is 4.24. The standard InChI is InChI=1S/C27H22N6/c28-26-23-14-18(9-10-24(23)32-33-26)21-11-12-29-27-22(21)15-25(31-27)19-6-4-5-17(13-19)16-30-20-7-2-1-3-8-20/h1-15,30H,16H2,(H,29,31)(H3,28,32,33). The van der Waals surface area contributed by atoms with Gasteiger partial charge in [-0.3, -0.25) is 5.10 Å². The maximum absolute atomic E-state index is 6.03. The van der Waals surface area contributed by atoms with Crippen LogP contribution in [0, 0.1) is 0 Å². The summed E-state index contributed by atoms with van der Waals surface area (Å²) in [6.45, 7) is 0.758. The number of hydrogen-bond donors (Lipinski definition) is 4. The van der Waals surface area contributed by atoms with E-state index in [1.165, 1.54) is 5.56 Å². The molecule has 160 valence electrons. The van der Waals surface area contributed by atoms with Crippen molar-refractivity contribution in [2.24, 2.45) is 0 Å². The Morgan fingerprint density at radius 3 is 2.64 bits per heavy atom. The van der Waals surface area contributed by atoms with Crippen LogP contribution in [0.4, 0.5) is 11.5 Å². The fraction of sp³-hybridized carbons (Fsp3) is 0.0370. The van der Waals surface area contributed by atoms with Crippen LogP contribution in [-0.2, 0) is 6.54 Å². The lowest BCUT2D eigenvalue weighted by Crippen LogP contribution is -1.99. The van der Waals surface area contributed by atoms with Gasteiger partial charge in [0, 0.05) is 34.9 Å². The fourth-order valence-corrected chi connectivity index (χ4v) is 4.24. The number of fused-ring (bicyclic) bond motifs is 2. The predicted molar refractivity (Wildman–Crippen MR) is 135 cm³/mol. The Labute approximate surface area is 190 Å². The van der Waals surface area contributed by atoms with Crippen LogP contribution in [-0.4, -0.2) is 20.2 Å². The summed E-state index contributed by atoms with van der Waals surface area (Å²) < 4.78 is 0. The molecule has 0 saturated carbocycles. The maximum Gasteiger partial charge on any atom is 0.153 e. The van der Waals surface area contributed by atoms with Crippen LogP contribution >= 0.6 is 0 Å². The molecule has 0 aliphatic carbocycles. The molecular formula is C27H22N6. The summed E-state index contributed by atoms with van der Waals surface area (Å²) in [6, 6.07) is 29.2. The molecule has 3 aromatic heterocycles. The summed E-state index contributed by atoms with van der Waals surface area (Å²) in [7, 11) is 0. The zero-order valence-electron chi connectivity index (χ0n) is 17.8. The number of para-hydroxylation sites is 1. The van der Waals surface area contributed by atoms with E-state index in [-0.39, 0.29) is 0 Å². The number of H-pyrrole nitrogens is 2. The molecule has 0 fully saturated rings. The molecule has 0 atom stereocenters. The van der Waals surface area contributed by atoms with Crippen molar-refractivity contribution in [2.45, 2.75) is 6.54 Å². The number of nitrogens with two attached hydrogens (primary N) is 1. The van der Waals surface area contributed by atoms with E-state index in [1.807, 2.05) is 36.5 Å². The first-order chi connectivity index (χ1) is 16.2. The highest BCUT2D eigenvalue weighted by molar-refractivity contribution is 5.99. The molecule has 6 aromatic rings. The Morgan fingerprint density at radius 1 is 0.818 bits per heavy atom. The molecule has 0 unspecified atom stereocenters. The van der Waals surface area contributed by atoms with E-state index in [0.29, 0.717) is 5.82 Å². The first-order valence-electron chi connectivity index (χ1n) is 10.8. The van der Waals surface area contributed by atoms with Crippen LogP contribution in [0.15, 0.2) is 91.1 Å². The smallest absolute Gasteiger partial charge is 0.153 e. The first kappa shape index (κ1) is 19.1. The number of aromatic nitrogens is 4. The van der Waals surface area contributed by atoms with Gasteiger partial charge in [0.15, 0.2) is 5.82 Å². The molecule has 0 aliphatic heterocycles. The van der Waals surface area contributed by atoms with Gasteiger partial charge >= 0.3 is 0 Å². The Morgan fingerprint density at radius 2 is 1.73 bits per heavy atom. The highest BCUT2D eigenvalue weighted by atomic mass is 15.1.